The van der Waals surface area contributed by atoms with Crippen LogP contribution in [-0.2, 0) is 86.0 Å². The summed E-state index contributed by atoms with van der Waals surface area (Å²) in [6.45, 7) is 5.96. The van der Waals surface area contributed by atoms with Crippen molar-refractivity contribution in [1.29, 1.82) is 0 Å². The monoisotopic (exact) mass is 2230 g/mol. The molecule has 11 aromatic heterocycles. The number of aryl methyl sites for hydroxylation is 7. The molecule has 0 saturated heterocycles. The Morgan fingerprint density at radius 3 is 1.20 bits per heavy atom. The van der Waals surface area contributed by atoms with Gasteiger partial charge >= 0.3 is 41.9 Å². The molecule has 0 fully saturated rings. The molecule has 141 heavy (non-hydrogen) atoms. The number of carbonyl (C=O) groups excluding carboxylic acids is 2. The van der Waals surface area contributed by atoms with Crippen molar-refractivity contribution in [3.05, 3.63) is 232 Å². The van der Waals surface area contributed by atoms with E-state index in [2.05, 4.69) is 204 Å². The number of H-pyrrole nitrogens is 1. The Balaban J connectivity index is 0.000000154. The molecule has 1 aliphatic heterocycles. The van der Waals surface area contributed by atoms with Crippen LogP contribution in [0.1, 0.15) is 114 Å². The summed E-state index contributed by atoms with van der Waals surface area (Å²) < 4.78 is 102. The second-order valence-corrected chi connectivity index (χ2v) is 36.7. The summed E-state index contributed by atoms with van der Waals surface area (Å²) in [6, 6.07) is 45.2. The van der Waals surface area contributed by atoms with E-state index in [0.717, 1.165) is 146 Å². The minimum Gasteiger partial charge on any atom is -1.00 e. The number of nitrogen functional groups attached to an aromatic ring is 3. The van der Waals surface area contributed by atoms with E-state index in [1.54, 1.807) is 30.1 Å². The average molecular weight is 2230 g/mol. The number of carbonyl (C=O) groups is 2. The number of halogens is 10. The van der Waals surface area contributed by atoms with E-state index in [4.69, 9.17) is 56.7 Å². The van der Waals surface area contributed by atoms with Gasteiger partial charge in [-0.25, -0.2) is 53.9 Å². The third-order valence-corrected chi connectivity index (χ3v) is 25.4. The molecular formula is C98H104BrF7I2N27NaO5. The van der Waals surface area contributed by atoms with Crippen molar-refractivity contribution < 1.29 is 85.9 Å². The van der Waals surface area contributed by atoms with E-state index in [1.165, 1.54) is 133 Å². The molecule has 0 radical (unpaired) electrons. The van der Waals surface area contributed by atoms with E-state index in [0.29, 0.717) is 40.9 Å². The van der Waals surface area contributed by atoms with Gasteiger partial charge in [0.05, 0.1) is 49.7 Å². The summed E-state index contributed by atoms with van der Waals surface area (Å²) in [6.07, 6.45) is 11.2. The maximum Gasteiger partial charge on any atom is 1.00 e. The van der Waals surface area contributed by atoms with Crippen LogP contribution in [0, 0.1) is 14.3 Å². The number of nitrogens with one attached hydrogen (secondary N) is 2. The van der Waals surface area contributed by atoms with Crippen LogP contribution < -0.4 is 71.7 Å². The molecule has 3 aliphatic carbocycles. The van der Waals surface area contributed by atoms with Crippen molar-refractivity contribution in [2.45, 2.75) is 134 Å². The van der Waals surface area contributed by atoms with Crippen LogP contribution in [-0.4, -0.2) is 189 Å². The fourth-order valence-corrected chi connectivity index (χ4v) is 18.6. The van der Waals surface area contributed by atoms with Gasteiger partial charge < -0.3 is 56.8 Å². The molecule has 0 bridgehead atoms. The van der Waals surface area contributed by atoms with Crippen LogP contribution >= 0.6 is 61.1 Å². The SMILES string of the molecule is BrCc1ccc2c(c1)CCCC2.CN(C)c1ncnc2c1c(-c1ccc3oc(N)nc3c1)nn2Cc1ccc2c(c1)CCCC2.CN(C)c1ncnc2c1c(-c1ccc3oc(N)nc3c1)nn2Cc1ccc2c(c1)CCNC2.CN(C)c1ncnc2c1c(I)nn2Cc1ccc2c(c1)CCCC2.CN(C)c1ncnc2n[nH]c(I)c12.Cc1ccc2oc(N)nc2c1.O=CC(F)(F)F.O=CC(F)(F)F.[2H]CF.[H-].[Na+]. The van der Waals surface area contributed by atoms with Gasteiger partial charge in [0.25, 0.3) is 18.0 Å². The number of aromatic amines is 1. The van der Waals surface area contributed by atoms with Crippen LogP contribution in [0.3, 0.4) is 0 Å². The first-order valence-electron chi connectivity index (χ1n) is 45.3. The van der Waals surface area contributed by atoms with Crippen molar-refractivity contribution in [3.8, 4) is 22.5 Å². The molecule has 43 heteroatoms. The normalized spacial score (nSPS) is 12.9. The Kier molecular flexibility index (Phi) is 35.4. The van der Waals surface area contributed by atoms with Crippen molar-refractivity contribution in [1.82, 2.24) is 99.7 Å². The van der Waals surface area contributed by atoms with Crippen molar-refractivity contribution in [2.75, 3.05) is 107 Å². The second-order valence-electron chi connectivity index (χ2n) is 34.1. The minimum absolute atomic E-state index is 0. The number of fused-ring (bicyclic) bond motifs is 11. The largest absolute Gasteiger partial charge is 1.00 e. The Morgan fingerprint density at radius 2 is 0.794 bits per heavy atom. The zero-order chi connectivity index (χ0) is 101. The van der Waals surface area contributed by atoms with E-state index >= 15 is 0 Å². The first-order valence-corrected chi connectivity index (χ1v) is 47.8. The molecule has 0 saturated carbocycles. The number of hydrogen-bond acceptors (Lipinski definition) is 28. The molecular weight excluding hydrogens is 2120 g/mol. The van der Waals surface area contributed by atoms with Crippen LogP contribution in [0.15, 0.2) is 166 Å². The molecule has 4 aliphatic rings. The van der Waals surface area contributed by atoms with Crippen LogP contribution in [0.25, 0.3) is 99.9 Å². The molecule has 12 heterocycles. The number of alkyl halides is 8. The predicted molar refractivity (Wildman–Crippen MR) is 552 cm³/mol. The third kappa shape index (κ3) is 26.5. The number of hydrogen-bond donors (Lipinski definition) is 5. The quantitative estimate of drug-likeness (QED) is 0.0235. The summed E-state index contributed by atoms with van der Waals surface area (Å²) in [7, 11) is 14.8. The molecule has 7 aromatic carbocycles. The van der Waals surface area contributed by atoms with Crippen LogP contribution in [0.2, 0.25) is 0 Å². The van der Waals surface area contributed by atoms with Crippen molar-refractivity contribution >= 4 is 192 Å². The Labute approximate surface area is 867 Å². The fraction of sp³-hybridized carbons (Fsp3) is 0.316. The zero-order valence-corrected chi connectivity index (χ0v) is 87.0. The molecule has 732 valence electrons. The van der Waals surface area contributed by atoms with Gasteiger partial charge in [-0.3, -0.25) is 19.1 Å². The first kappa shape index (κ1) is 104. The van der Waals surface area contributed by atoms with Gasteiger partial charge in [-0.2, -0.15) is 61.7 Å². The van der Waals surface area contributed by atoms with Gasteiger partial charge in [-0.05, 0) is 263 Å². The van der Waals surface area contributed by atoms with E-state index in [1.807, 2.05) is 152 Å². The number of rotatable bonds is 13. The summed E-state index contributed by atoms with van der Waals surface area (Å²) >= 11 is 7.95. The number of aromatic nitrogens is 19. The second kappa shape index (κ2) is 47.8. The van der Waals surface area contributed by atoms with Crippen molar-refractivity contribution in [2.24, 2.45) is 0 Å². The van der Waals surface area contributed by atoms with Gasteiger partial charge in [0, 0.05) is 79.4 Å². The van der Waals surface area contributed by atoms with Crippen molar-refractivity contribution in [3.63, 3.8) is 0 Å². The smallest absolute Gasteiger partial charge is 1.00 e. The minimum atomic E-state index is -4.64. The van der Waals surface area contributed by atoms with Gasteiger partial charge in [0.2, 0.25) is 12.6 Å². The average Bonchev–Trinajstić information content (AvgIpc) is 1.61. The standard InChI is InChI=1S/C25H25N7O.C24H24N8O.C18H20IN5.C11H13Br.C8H8N2O.C7H8IN5.2C2HF3O.CH3F.Na.H/c1-31(2)23-21-22(18-9-10-20-19(12-18)29-25(26)33-20)30-32(24(21)28-14-27-23)13-15-7-8-16-5-3-4-6-17(16)11-15;1-31(2)22-20-21(16-5-6-19-18(10-16)29-24(25)33-19)30-32(23(20)28-13-27-22)12-14-3-4-17-11-26-8-7-15(17)9-14;1-23(2)17-15-16(19)22-24(18(15)21-11-20-17)10-12-7-8-13-5-3-4-6-14(13)9-12;12-8-9-5-6-10-3-1-2-4-11(10)7-9;1-5-2-3-7-6(4-5)10-8(9)11-7;1-13(2)7-4-5(8)11-12-6(4)9-3-10-7;2*3-2(4,5)1-6;1-2;;/h7-12,14H,3-6,13H2,1-2H3,(H2,26,29);3-6,9-10,13,26H,7-8,11-12H2,1-2H3,(H2,25,29);7-9,11H,3-6,10H2,1-2H3;5-7H,1-4,8H2;2-4H,1H3,(H2,9,10);3H,1-2H3,(H,9,10,11,12);2*1H;1H3;;/q;;;;;;;;;+1;-1/i;;;;;;;;1D;;. The van der Waals surface area contributed by atoms with E-state index < -0.39 is 32.1 Å². The molecule has 22 rings (SSSR count). The maximum absolute atomic E-state index is 10.4. The summed E-state index contributed by atoms with van der Waals surface area (Å²) in [5, 5.41) is 29.9. The summed E-state index contributed by atoms with van der Waals surface area (Å²) in [5.74, 6) is 3.45. The zero-order valence-electron chi connectivity index (χ0n) is 81.1. The van der Waals surface area contributed by atoms with E-state index in [-0.39, 0.29) is 49.0 Å². The molecule has 18 aromatic rings. The summed E-state index contributed by atoms with van der Waals surface area (Å²) in [5.41, 5.74) is 46.0. The number of benzene rings is 7. The van der Waals surface area contributed by atoms with Crippen LogP contribution in [0.5, 0.6) is 0 Å². The number of aldehydes is 2. The third-order valence-electron chi connectivity index (χ3n) is 23.2. The number of oxazole rings is 3. The summed E-state index contributed by atoms with van der Waals surface area (Å²) in [4.78, 5) is 73.4. The van der Waals surface area contributed by atoms with Gasteiger partial charge in [-0.15, -0.1) is 0 Å². The molecule has 0 atom stereocenters. The Morgan fingerprint density at radius 1 is 0.454 bits per heavy atom. The molecule has 0 amide bonds. The van der Waals surface area contributed by atoms with Gasteiger partial charge in [0.15, 0.2) is 39.3 Å². The van der Waals surface area contributed by atoms with E-state index in [9.17, 15) is 30.7 Å². The number of nitrogens with two attached hydrogens (primary N) is 3. The predicted octanol–water partition coefficient (Wildman–Crippen LogP) is 16.0. The molecule has 32 nitrogen and oxygen atoms in total. The number of nitrogens with zero attached hydrogens (tertiary/aromatic N) is 22. The fourth-order valence-electron chi connectivity index (χ4n) is 16.9. The number of anilines is 7. The molecule has 8 N–H and O–H groups in total. The maximum atomic E-state index is 10.4. The molecule has 0 unspecified atom stereocenters. The van der Waals surface area contributed by atoms with Gasteiger partial charge in [-0.1, -0.05) is 94.8 Å². The first-order chi connectivity index (χ1) is 67.6. The van der Waals surface area contributed by atoms with Crippen LogP contribution in [0.4, 0.5) is 72.0 Å². The molecule has 0 spiro atoms. The topological polar surface area (TPSA) is 401 Å². The van der Waals surface area contributed by atoms with Gasteiger partial charge in [0.1, 0.15) is 83.9 Å². The Hall–Kier alpha value is -12.5. The Bertz CT molecular complexity index is 7200.